The molecule has 2 aliphatic rings. The summed E-state index contributed by atoms with van der Waals surface area (Å²) in [4.78, 5) is 185. The molecule has 2 aliphatic heterocycles. The van der Waals surface area contributed by atoms with Crippen molar-refractivity contribution in [2.24, 2.45) is 41.2 Å². The number of benzene rings is 2. The van der Waals surface area contributed by atoms with Crippen LogP contribution in [0, 0.1) is 35.5 Å². The molecule has 8 N–H and O–H groups in total. The topological polar surface area (TPSA) is 476 Å². The Kier molecular flexibility index (Phi) is 59.2. The number of quaternary nitrogens is 1. The van der Waals surface area contributed by atoms with E-state index in [0.717, 1.165) is 52.0 Å². The number of ether oxygens (including phenoxy) is 13. The lowest BCUT2D eigenvalue weighted by Gasteiger charge is -2.44. The van der Waals surface area contributed by atoms with Gasteiger partial charge in [0.25, 0.3) is 5.91 Å². The molecule has 0 spiro atoms. The Morgan fingerprint density at radius 3 is 1.64 bits per heavy atom. The SMILES string of the molecule is CC[C@H](C)[C@H](CC(=O)[C@H]1CCCC[N+]1(C)Cc1ccc(CC(=O)[C@H](CCC(=O)O)NC(=O)[C@@H](CC(=O)[C@H](CCCCNC(=O)CCOCCOCCOCCOCCOCCOCCOCCOCCOCCOCCOCCOC)NC(=O)[C@H](CN)N2C(=O)CC(SC)C2=O)C(C)C)cc1)C(=O)N(C)[C@H](C[C@@H](OC(C)=O)c1nc(C(=O)N[C@@H](Cc2ccccc2)C[C@H](C)C(=O)O)cs1)C(C)C. The van der Waals surface area contributed by atoms with Crippen LogP contribution in [0.2, 0.25) is 0 Å². The number of Topliss-reactive ketones (excluding diaryl/α,β-unsaturated/α-hetero) is 3. The number of carbonyl (C=O) groups is 13. The summed E-state index contributed by atoms with van der Waals surface area (Å²) < 4.78 is 71.8. The fraction of sp³-hybridized carbons (Fsp3) is 0.714. The van der Waals surface area contributed by atoms with Crippen LogP contribution < -0.4 is 27.0 Å². The van der Waals surface area contributed by atoms with E-state index in [2.05, 4.69) is 26.3 Å². The molecule has 0 bridgehead atoms. The zero-order valence-corrected chi connectivity index (χ0v) is 84.3. The Morgan fingerprint density at radius 1 is 0.620 bits per heavy atom. The number of hydrogen-bond donors (Lipinski definition) is 7. The number of aliphatic carboxylic acids is 2. The third kappa shape index (κ3) is 45.9. The van der Waals surface area contributed by atoms with Crippen LogP contribution >= 0.6 is 23.1 Å². The quantitative estimate of drug-likeness (QED) is 0.0125. The van der Waals surface area contributed by atoms with E-state index in [1.54, 1.807) is 63.6 Å². The summed E-state index contributed by atoms with van der Waals surface area (Å²) in [5.41, 5.74) is 8.48. The van der Waals surface area contributed by atoms with Crippen molar-refractivity contribution < 1.29 is 139 Å². The largest absolute Gasteiger partial charge is 0.481 e. The van der Waals surface area contributed by atoms with Crippen LogP contribution in [0.25, 0.3) is 0 Å². The van der Waals surface area contributed by atoms with Crippen LogP contribution in [0.5, 0.6) is 0 Å². The molecule has 0 saturated carbocycles. The van der Waals surface area contributed by atoms with Gasteiger partial charge in [-0.25, -0.2) is 4.98 Å². The number of methoxy groups -OCH3 is 1. The minimum Gasteiger partial charge on any atom is -0.481 e. The summed E-state index contributed by atoms with van der Waals surface area (Å²) in [6.45, 7) is 24.5. The van der Waals surface area contributed by atoms with Crippen LogP contribution in [-0.2, 0) is 139 Å². The molecule has 5 rings (SSSR count). The van der Waals surface area contributed by atoms with Gasteiger partial charge in [0, 0.05) is 120 Å². The number of nitrogens with one attached hydrogen (secondary N) is 4. The van der Waals surface area contributed by atoms with Gasteiger partial charge in [0.2, 0.25) is 35.4 Å². The first-order chi connectivity index (χ1) is 65.7. The monoisotopic (exact) mass is 1970 g/mol. The number of carboxylic acids is 2. The van der Waals surface area contributed by atoms with Crippen LogP contribution in [-0.4, -0.2) is 347 Å². The number of imide groups is 1. The second-order valence-corrected chi connectivity index (χ2v) is 37.6. The van der Waals surface area contributed by atoms with Crippen molar-refractivity contribution in [2.75, 3.05) is 199 Å². The van der Waals surface area contributed by atoms with Crippen molar-refractivity contribution in [1.29, 1.82) is 0 Å². The molecular weight excluding hydrogens is 1820 g/mol. The van der Waals surface area contributed by atoms with Gasteiger partial charge in [-0.15, -0.1) is 11.3 Å². The lowest BCUT2D eigenvalue weighted by Crippen LogP contribution is -2.58. The maximum Gasteiger partial charge on any atom is 0.306 e. The van der Waals surface area contributed by atoms with Gasteiger partial charge < -0.3 is 108 Å². The number of esters is 1. The summed E-state index contributed by atoms with van der Waals surface area (Å²) in [6.07, 6.45) is 3.35. The number of likely N-dealkylation sites (N-methyl/N-ethyl adjacent to an activating group) is 1. The maximum atomic E-state index is 15.1. The predicted molar refractivity (Wildman–Crippen MR) is 513 cm³/mol. The lowest BCUT2D eigenvalue weighted by atomic mass is 9.82. The number of nitrogens with zero attached hydrogens (tertiary/aromatic N) is 4. The van der Waals surface area contributed by atoms with Gasteiger partial charge in [0.15, 0.2) is 23.5 Å². The average Bonchev–Trinajstić information content (AvgIpc) is 1.74. The Hall–Kier alpha value is -8.23. The van der Waals surface area contributed by atoms with Gasteiger partial charge in [-0.1, -0.05) is 109 Å². The average molecular weight is 1970 g/mol. The third-order valence-corrected chi connectivity index (χ3v) is 26.3. The van der Waals surface area contributed by atoms with E-state index in [9.17, 15) is 63.0 Å². The Balaban J connectivity index is 1.08. The molecule has 137 heavy (non-hydrogen) atoms. The van der Waals surface area contributed by atoms with Crippen LogP contribution in [0.4, 0.5) is 0 Å². The summed E-state index contributed by atoms with van der Waals surface area (Å²) in [7, 11) is 5.38. The van der Waals surface area contributed by atoms with Crippen molar-refractivity contribution in [2.45, 2.75) is 219 Å². The zero-order valence-electron chi connectivity index (χ0n) is 82.7. The van der Waals surface area contributed by atoms with Gasteiger partial charge in [0.1, 0.15) is 29.3 Å². The first-order valence-electron chi connectivity index (χ1n) is 48.2. The number of piperidine rings is 1. The van der Waals surface area contributed by atoms with Gasteiger partial charge in [-0.05, 0) is 86.5 Å². The van der Waals surface area contributed by atoms with E-state index in [1.807, 2.05) is 77.2 Å². The highest BCUT2D eigenvalue weighted by Gasteiger charge is 2.47. The molecule has 0 aliphatic carbocycles. The zero-order chi connectivity index (χ0) is 100. The molecule has 0 radical (unpaired) electrons. The van der Waals surface area contributed by atoms with Gasteiger partial charge in [0.05, 0.1) is 189 Å². The highest BCUT2D eigenvalue weighted by atomic mass is 32.2. The highest BCUT2D eigenvalue weighted by Crippen LogP contribution is 2.36. The second kappa shape index (κ2) is 68.0. The molecule has 2 saturated heterocycles. The summed E-state index contributed by atoms with van der Waals surface area (Å²) in [6, 6.07) is 11.2. The number of aromatic nitrogens is 1. The molecule has 2 unspecified atom stereocenters. The number of thioether (sulfide) groups is 1. The van der Waals surface area contributed by atoms with E-state index >= 15 is 9.59 Å². The molecule has 772 valence electrons. The first kappa shape index (κ1) is 119. The Morgan fingerprint density at radius 2 is 1.15 bits per heavy atom. The summed E-state index contributed by atoms with van der Waals surface area (Å²) in [5, 5.41) is 32.1. The lowest BCUT2D eigenvalue weighted by molar-refractivity contribution is -0.941. The van der Waals surface area contributed by atoms with Crippen molar-refractivity contribution in [3.63, 3.8) is 0 Å². The standard InChI is InChI=1S/C98H155N9O28S2/c1-13-69(6)77(96(119)105(9)81(68(4)5)62-87(135-71(8)108)95-104-80(66-137-95)93(117)101-75(57-70(7)98(121)122)58-72-21-15-14-16-22-72)61-86(111)83-24-18-20-33-107(83,10)65-74-27-25-73(26-28-74)59-84(109)79(29-30-91(114)115)102-92(116)76(67(2)3)60-85(110)78(103-94(118)82(64-99)106-90(113)63-88(136-12)97(106)120)23-17-19-32-100-89(112)31-34-124-37-38-126-41-42-128-45-46-130-49-50-132-53-54-134-56-55-133-52-51-131-48-47-129-44-43-127-40-39-125-36-35-123-11/h14-16,21-22,25-28,66-70,75-79,81-83,87-88H,13,17-20,23-24,29-65,99H2,1-12H3,(H5-,100,101,102,103,112,114,115,116,117,118,121,122)/p+1/t69-,70-,75+,76-,77-,78-,79-,81+,82-,83+,87+,88?,107?/m0/s1. The molecule has 2 fully saturated rings. The Labute approximate surface area is 816 Å². The highest BCUT2D eigenvalue weighted by molar-refractivity contribution is 8.00. The summed E-state index contributed by atoms with van der Waals surface area (Å²) in [5.74, 6) is -11.2. The molecule has 37 nitrogen and oxygen atoms in total. The third-order valence-electron chi connectivity index (χ3n) is 24.4. The second-order valence-electron chi connectivity index (χ2n) is 35.7. The van der Waals surface area contributed by atoms with Crippen molar-refractivity contribution in [1.82, 2.24) is 36.1 Å². The molecule has 39 heteroatoms. The van der Waals surface area contributed by atoms with Crippen LogP contribution in [0.15, 0.2) is 60.0 Å². The number of rotatable bonds is 79. The molecule has 2 aromatic carbocycles. The van der Waals surface area contributed by atoms with Crippen LogP contribution in [0.1, 0.15) is 190 Å². The number of ketones is 3. The normalized spacial score (nSPS) is 17.3. The number of unbranched alkanes of at least 4 members (excludes halogenated alkanes) is 1. The van der Waals surface area contributed by atoms with Crippen molar-refractivity contribution in [3.8, 4) is 0 Å². The van der Waals surface area contributed by atoms with E-state index in [1.165, 1.54) is 6.92 Å². The molecule has 13 atom stereocenters. The van der Waals surface area contributed by atoms with Gasteiger partial charge >= 0.3 is 17.9 Å². The molecular formula is C98H156N9O28S2+. The minimum absolute atomic E-state index is 0.0130. The summed E-state index contributed by atoms with van der Waals surface area (Å²) >= 11 is 2.29. The minimum atomic E-state index is -1.45. The van der Waals surface area contributed by atoms with E-state index in [-0.39, 0.29) is 119 Å². The smallest absolute Gasteiger partial charge is 0.306 e. The maximum absolute atomic E-state index is 15.1. The van der Waals surface area contributed by atoms with E-state index in [4.69, 9.17) is 67.3 Å². The molecule has 3 aromatic rings. The predicted octanol–water partition coefficient (Wildman–Crippen LogP) is 7.39. The molecule has 3 heterocycles. The number of amides is 7. The van der Waals surface area contributed by atoms with Crippen molar-refractivity contribution in [3.05, 3.63) is 87.4 Å². The van der Waals surface area contributed by atoms with Crippen molar-refractivity contribution >= 4 is 99.7 Å². The van der Waals surface area contributed by atoms with Gasteiger partial charge in [-0.2, -0.15) is 11.8 Å². The fourth-order valence-electron chi connectivity index (χ4n) is 16.3. The molecule has 1 aromatic heterocycles. The number of nitrogens with two attached hydrogens (primary N) is 1. The number of carboxylic acid groups (broad SMARTS) is 2. The van der Waals surface area contributed by atoms with E-state index in [0.29, 0.717) is 186 Å². The van der Waals surface area contributed by atoms with E-state index < -0.39 is 150 Å². The van der Waals surface area contributed by atoms with Crippen LogP contribution in [0.3, 0.4) is 0 Å². The van der Waals surface area contributed by atoms with Gasteiger partial charge in [-0.3, -0.25) is 67.2 Å². The number of likely N-dealkylation sites (tertiary alicyclic amines) is 2. The number of hydrogen-bond acceptors (Lipinski definition) is 30. The number of carbonyl (C=O) groups excluding carboxylic acids is 11. The Bertz CT molecular complexity index is 4080. The fourth-order valence-corrected chi connectivity index (χ4v) is 17.7. The first-order valence-corrected chi connectivity index (χ1v) is 50.4. The molecule has 7 amide bonds. The number of thiazole rings is 1.